The second-order valence-electron chi connectivity index (χ2n) is 4.77. The maximum atomic E-state index is 13.6. The van der Waals surface area contributed by atoms with E-state index in [1.165, 1.54) is 31.4 Å². The second kappa shape index (κ2) is 7.84. The van der Waals surface area contributed by atoms with Gasteiger partial charge in [0.25, 0.3) is 5.69 Å². The van der Waals surface area contributed by atoms with Crippen molar-refractivity contribution in [2.45, 2.75) is 0 Å². The molecule has 0 bridgehead atoms. The standard InChI is InChI=1S/C16H11BrFNO6/c1-24-15-5-3-9(6-12(15)18)14(20)8-25-16(21)10-2-4-11(17)13(7-10)19(22)23/h2-7H,8H2,1H3. The molecular formula is C16H11BrFNO6. The molecule has 0 atom stereocenters. The van der Waals surface area contributed by atoms with Crippen molar-refractivity contribution in [3.63, 3.8) is 0 Å². The minimum Gasteiger partial charge on any atom is -0.494 e. The summed E-state index contributed by atoms with van der Waals surface area (Å²) in [5.41, 5.74) is -0.380. The number of ketones is 1. The van der Waals surface area contributed by atoms with E-state index in [1.54, 1.807) is 0 Å². The number of esters is 1. The minimum atomic E-state index is -0.905. The van der Waals surface area contributed by atoms with Crippen molar-refractivity contribution < 1.29 is 28.4 Å². The Morgan fingerprint density at radius 2 is 1.88 bits per heavy atom. The molecular weight excluding hydrogens is 401 g/mol. The fourth-order valence-electron chi connectivity index (χ4n) is 1.92. The van der Waals surface area contributed by atoms with Gasteiger partial charge in [-0.2, -0.15) is 0 Å². The van der Waals surface area contributed by atoms with Gasteiger partial charge in [-0.05, 0) is 46.3 Å². The Labute approximate surface area is 149 Å². The Hall–Kier alpha value is -2.81. The molecule has 0 amide bonds. The Bertz CT molecular complexity index is 855. The summed E-state index contributed by atoms with van der Waals surface area (Å²) in [5.74, 6) is -2.27. The first-order valence-electron chi connectivity index (χ1n) is 6.81. The van der Waals surface area contributed by atoms with Crippen molar-refractivity contribution in [3.05, 3.63) is 67.9 Å². The summed E-state index contributed by atoms with van der Waals surface area (Å²) in [5, 5.41) is 10.9. The monoisotopic (exact) mass is 411 g/mol. The van der Waals surface area contributed by atoms with Gasteiger partial charge in [-0.3, -0.25) is 14.9 Å². The molecule has 2 rings (SSSR count). The average Bonchev–Trinajstić information content (AvgIpc) is 2.59. The van der Waals surface area contributed by atoms with Crippen molar-refractivity contribution >= 4 is 33.4 Å². The molecule has 7 nitrogen and oxygen atoms in total. The maximum Gasteiger partial charge on any atom is 0.338 e. The van der Waals surface area contributed by atoms with E-state index in [0.717, 1.165) is 12.1 Å². The van der Waals surface area contributed by atoms with E-state index in [-0.39, 0.29) is 27.0 Å². The molecule has 0 saturated heterocycles. The molecule has 0 aliphatic carbocycles. The van der Waals surface area contributed by atoms with Crippen molar-refractivity contribution in [3.8, 4) is 5.75 Å². The van der Waals surface area contributed by atoms with Crippen LogP contribution in [0.15, 0.2) is 40.9 Å². The molecule has 130 valence electrons. The maximum absolute atomic E-state index is 13.6. The lowest BCUT2D eigenvalue weighted by atomic mass is 10.1. The predicted octanol–water partition coefficient (Wildman–Crippen LogP) is 3.54. The number of Topliss-reactive ketones (excluding diaryl/α,β-unsaturated/α-hetero) is 1. The number of benzene rings is 2. The number of methoxy groups -OCH3 is 1. The SMILES string of the molecule is COc1ccc(C(=O)COC(=O)c2ccc(Br)c([N+](=O)[O-])c2)cc1F. The minimum absolute atomic E-state index is 0.00730. The van der Waals surface area contributed by atoms with Gasteiger partial charge < -0.3 is 9.47 Å². The zero-order chi connectivity index (χ0) is 18.6. The third-order valence-electron chi connectivity index (χ3n) is 3.19. The van der Waals surface area contributed by atoms with Crippen molar-refractivity contribution in [2.24, 2.45) is 0 Å². The van der Waals surface area contributed by atoms with Gasteiger partial charge in [-0.25, -0.2) is 9.18 Å². The second-order valence-corrected chi connectivity index (χ2v) is 5.63. The summed E-state index contributed by atoms with van der Waals surface area (Å²) in [6, 6.07) is 7.26. The lowest BCUT2D eigenvalue weighted by Crippen LogP contribution is -2.14. The van der Waals surface area contributed by atoms with Crippen LogP contribution in [0, 0.1) is 15.9 Å². The fraction of sp³-hybridized carbons (Fsp3) is 0.125. The van der Waals surface area contributed by atoms with Crippen molar-refractivity contribution in [1.29, 1.82) is 0 Å². The highest BCUT2D eigenvalue weighted by Crippen LogP contribution is 2.26. The average molecular weight is 412 g/mol. The number of nitro benzene ring substituents is 1. The van der Waals surface area contributed by atoms with E-state index in [9.17, 15) is 24.1 Å². The quantitative estimate of drug-likeness (QED) is 0.312. The first kappa shape index (κ1) is 18.5. The van der Waals surface area contributed by atoms with E-state index < -0.39 is 29.1 Å². The topological polar surface area (TPSA) is 95.7 Å². The molecule has 2 aromatic rings. The van der Waals surface area contributed by atoms with Crippen LogP contribution in [0.2, 0.25) is 0 Å². The number of hydrogen-bond acceptors (Lipinski definition) is 6. The highest BCUT2D eigenvalue weighted by molar-refractivity contribution is 9.10. The number of nitrogens with zero attached hydrogens (tertiary/aromatic N) is 1. The van der Waals surface area contributed by atoms with E-state index in [2.05, 4.69) is 15.9 Å². The molecule has 9 heteroatoms. The molecule has 0 radical (unpaired) electrons. The van der Waals surface area contributed by atoms with Crippen molar-refractivity contribution in [1.82, 2.24) is 0 Å². The third-order valence-corrected chi connectivity index (χ3v) is 3.86. The normalized spacial score (nSPS) is 10.2. The molecule has 0 aliphatic heterocycles. The highest BCUT2D eigenvalue weighted by Gasteiger charge is 2.18. The molecule has 25 heavy (non-hydrogen) atoms. The molecule has 2 aromatic carbocycles. The summed E-state index contributed by atoms with van der Waals surface area (Å²) in [6.07, 6.45) is 0. The van der Waals surface area contributed by atoms with Crippen molar-refractivity contribution in [2.75, 3.05) is 13.7 Å². The summed E-state index contributed by atoms with van der Waals surface area (Å²) in [6.45, 7) is -0.630. The molecule has 0 N–H and O–H groups in total. The van der Waals surface area contributed by atoms with Crippen LogP contribution in [0.1, 0.15) is 20.7 Å². The zero-order valence-electron chi connectivity index (χ0n) is 12.8. The molecule has 0 saturated carbocycles. The number of hydrogen-bond donors (Lipinski definition) is 0. The van der Waals surface area contributed by atoms with Gasteiger partial charge in [0.2, 0.25) is 0 Å². The molecule has 0 aliphatic rings. The molecule has 0 aromatic heterocycles. The Kier molecular flexibility index (Phi) is 5.81. The predicted molar refractivity (Wildman–Crippen MR) is 88.4 cm³/mol. The van der Waals surface area contributed by atoms with Crippen LogP contribution in [0.3, 0.4) is 0 Å². The van der Waals surface area contributed by atoms with Gasteiger partial charge in [0, 0.05) is 11.6 Å². The summed E-state index contributed by atoms with van der Waals surface area (Å²) in [4.78, 5) is 34.1. The van der Waals surface area contributed by atoms with E-state index in [4.69, 9.17) is 9.47 Å². The Morgan fingerprint density at radius 3 is 2.48 bits per heavy atom. The van der Waals surface area contributed by atoms with E-state index in [1.807, 2.05) is 0 Å². The lowest BCUT2D eigenvalue weighted by Gasteiger charge is -2.06. The number of carbonyl (C=O) groups excluding carboxylic acids is 2. The molecule has 0 heterocycles. The number of rotatable bonds is 6. The van der Waals surface area contributed by atoms with Crippen LogP contribution in [0.5, 0.6) is 5.75 Å². The first-order chi connectivity index (χ1) is 11.8. The van der Waals surface area contributed by atoms with Gasteiger partial charge in [-0.15, -0.1) is 0 Å². The lowest BCUT2D eigenvalue weighted by molar-refractivity contribution is -0.385. The zero-order valence-corrected chi connectivity index (χ0v) is 14.4. The van der Waals surface area contributed by atoms with Gasteiger partial charge in [0.1, 0.15) is 0 Å². The van der Waals surface area contributed by atoms with E-state index >= 15 is 0 Å². The van der Waals surface area contributed by atoms with Crippen LogP contribution in [-0.4, -0.2) is 30.4 Å². The number of ether oxygens (including phenoxy) is 2. The summed E-state index contributed by atoms with van der Waals surface area (Å²) >= 11 is 3.00. The van der Waals surface area contributed by atoms with E-state index in [0.29, 0.717) is 0 Å². The third kappa shape index (κ3) is 4.38. The van der Waals surface area contributed by atoms with Gasteiger partial charge >= 0.3 is 5.97 Å². The van der Waals surface area contributed by atoms with Crippen LogP contribution in [0.4, 0.5) is 10.1 Å². The van der Waals surface area contributed by atoms with Crippen LogP contribution in [-0.2, 0) is 4.74 Å². The first-order valence-corrected chi connectivity index (χ1v) is 7.60. The Balaban J connectivity index is 2.07. The highest BCUT2D eigenvalue weighted by atomic mass is 79.9. The number of carbonyl (C=O) groups is 2. The Morgan fingerprint density at radius 1 is 1.20 bits per heavy atom. The molecule has 0 fully saturated rings. The molecule has 0 unspecified atom stereocenters. The van der Waals surface area contributed by atoms with Crippen LogP contribution < -0.4 is 4.74 Å². The number of halogens is 2. The summed E-state index contributed by atoms with van der Waals surface area (Å²) in [7, 11) is 1.29. The fourth-order valence-corrected chi connectivity index (χ4v) is 2.31. The van der Waals surface area contributed by atoms with Gasteiger partial charge in [-0.1, -0.05) is 0 Å². The van der Waals surface area contributed by atoms with Crippen LogP contribution >= 0.6 is 15.9 Å². The number of nitro groups is 1. The van der Waals surface area contributed by atoms with Gasteiger partial charge in [0.15, 0.2) is 24.0 Å². The molecule has 0 spiro atoms. The largest absolute Gasteiger partial charge is 0.494 e. The van der Waals surface area contributed by atoms with Crippen LogP contribution in [0.25, 0.3) is 0 Å². The summed E-state index contributed by atoms with van der Waals surface area (Å²) < 4.78 is 23.4. The van der Waals surface area contributed by atoms with Gasteiger partial charge in [0.05, 0.1) is 22.1 Å². The smallest absolute Gasteiger partial charge is 0.338 e.